The average Bonchev–Trinajstić information content (AvgIpc) is 2.69. The summed E-state index contributed by atoms with van der Waals surface area (Å²) in [4.78, 5) is 35.2. The maximum atomic E-state index is 13.3. The lowest BCUT2D eigenvalue weighted by molar-refractivity contribution is -0.384. The quantitative estimate of drug-likeness (QED) is 0.433. The molecule has 2 amide bonds. The molecular weight excluding hydrogens is 417 g/mol. The molecule has 0 spiro atoms. The normalized spacial score (nSPS) is 12.9. The largest absolute Gasteiger partial charge is 0.387 e. The monoisotopic (exact) mass is 437 g/mol. The van der Waals surface area contributed by atoms with Crippen molar-refractivity contribution in [1.29, 1.82) is 0 Å². The van der Waals surface area contributed by atoms with Gasteiger partial charge in [-0.2, -0.15) is 0 Å². The van der Waals surface area contributed by atoms with Crippen molar-refractivity contribution in [3.8, 4) is 0 Å². The maximum Gasteiger partial charge on any atom is 0.270 e. The molecular formula is C20H21ClFN3O5. The Morgan fingerprint density at radius 1 is 1.23 bits per heavy atom. The number of nitro benzene ring substituents is 1. The molecule has 0 heterocycles. The summed E-state index contributed by atoms with van der Waals surface area (Å²) in [7, 11) is 0. The van der Waals surface area contributed by atoms with Gasteiger partial charge in [-0.1, -0.05) is 37.6 Å². The summed E-state index contributed by atoms with van der Waals surface area (Å²) in [5, 5.41) is 25.9. The average molecular weight is 438 g/mol. The summed E-state index contributed by atoms with van der Waals surface area (Å²) in [6, 6.07) is 7.81. The summed E-state index contributed by atoms with van der Waals surface area (Å²) < 4.78 is 13.3. The van der Waals surface area contributed by atoms with E-state index in [0.717, 1.165) is 18.2 Å². The van der Waals surface area contributed by atoms with Crippen LogP contribution in [0.3, 0.4) is 0 Å². The van der Waals surface area contributed by atoms with Crippen molar-refractivity contribution in [2.75, 3.05) is 6.54 Å². The number of hydrogen-bond acceptors (Lipinski definition) is 5. The molecule has 0 fully saturated rings. The predicted octanol–water partition coefficient (Wildman–Crippen LogP) is 2.99. The van der Waals surface area contributed by atoms with Crippen molar-refractivity contribution in [2.45, 2.75) is 26.0 Å². The highest BCUT2D eigenvalue weighted by Gasteiger charge is 2.26. The summed E-state index contributed by atoms with van der Waals surface area (Å²) in [6.45, 7) is 3.25. The highest BCUT2D eigenvalue weighted by atomic mass is 35.5. The third kappa shape index (κ3) is 5.98. The van der Waals surface area contributed by atoms with Crippen molar-refractivity contribution >= 4 is 29.1 Å². The Morgan fingerprint density at radius 2 is 1.93 bits per heavy atom. The van der Waals surface area contributed by atoms with Crippen LogP contribution in [-0.4, -0.2) is 34.4 Å². The number of halogens is 2. The van der Waals surface area contributed by atoms with E-state index in [9.17, 15) is 29.2 Å². The van der Waals surface area contributed by atoms with Crippen molar-refractivity contribution in [3.05, 3.63) is 74.5 Å². The molecule has 2 unspecified atom stereocenters. The lowest BCUT2D eigenvalue weighted by Gasteiger charge is -2.23. The minimum Gasteiger partial charge on any atom is -0.387 e. The van der Waals surface area contributed by atoms with E-state index in [0.29, 0.717) is 5.56 Å². The second kappa shape index (κ2) is 10.1. The number of hydrogen-bond donors (Lipinski definition) is 3. The van der Waals surface area contributed by atoms with Gasteiger partial charge in [-0.05, 0) is 29.7 Å². The molecule has 0 aliphatic rings. The molecule has 2 aromatic rings. The van der Waals surface area contributed by atoms with Crippen molar-refractivity contribution in [3.63, 3.8) is 0 Å². The van der Waals surface area contributed by atoms with E-state index in [4.69, 9.17) is 11.6 Å². The summed E-state index contributed by atoms with van der Waals surface area (Å²) in [6.07, 6.45) is -1.13. The number of nitro groups is 1. The second-order valence-electron chi connectivity index (χ2n) is 6.93. The molecule has 0 saturated heterocycles. The molecule has 0 aliphatic carbocycles. The van der Waals surface area contributed by atoms with Gasteiger partial charge in [0.1, 0.15) is 11.9 Å². The fourth-order valence-corrected chi connectivity index (χ4v) is 2.96. The van der Waals surface area contributed by atoms with E-state index in [1.807, 2.05) is 0 Å². The van der Waals surface area contributed by atoms with Gasteiger partial charge in [-0.15, -0.1) is 0 Å². The van der Waals surface area contributed by atoms with Crippen LogP contribution in [-0.2, 0) is 4.79 Å². The molecule has 2 aromatic carbocycles. The first-order valence-corrected chi connectivity index (χ1v) is 9.44. The second-order valence-corrected chi connectivity index (χ2v) is 7.34. The van der Waals surface area contributed by atoms with E-state index in [1.54, 1.807) is 13.8 Å². The molecule has 3 N–H and O–H groups in total. The Bertz CT molecular complexity index is 954. The van der Waals surface area contributed by atoms with Crippen LogP contribution in [0.15, 0.2) is 42.5 Å². The standard InChI is InChI=1S/C20H21ClFN3O5/c1-11(2)18(20(28)23-10-17(26)12-4-3-5-13(22)8-12)24-19(27)15-7-6-14(25(29)30)9-16(15)21/h3-9,11,17-18,26H,10H2,1-2H3,(H,23,28)(H,24,27). The Balaban J connectivity index is 2.05. The molecule has 8 nitrogen and oxygen atoms in total. The molecule has 2 rings (SSSR count). The third-order valence-electron chi connectivity index (χ3n) is 4.35. The minimum absolute atomic E-state index is 0.0134. The van der Waals surface area contributed by atoms with E-state index < -0.39 is 34.7 Å². The zero-order chi connectivity index (χ0) is 22.4. The lowest BCUT2D eigenvalue weighted by atomic mass is 10.0. The van der Waals surface area contributed by atoms with Crippen LogP contribution in [0, 0.1) is 21.8 Å². The van der Waals surface area contributed by atoms with Gasteiger partial charge in [0.2, 0.25) is 5.91 Å². The number of carbonyl (C=O) groups excluding carboxylic acids is 2. The van der Waals surface area contributed by atoms with Crippen molar-refractivity contribution < 1.29 is 24.0 Å². The van der Waals surface area contributed by atoms with Gasteiger partial charge in [0.15, 0.2) is 0 Å². The number of aliphatic hydroxyl groups is 1. The number of rotatable bonds is 8. The van der Waals surface area contributed by atoms with Crippen LogP contribution in [0.5, 0.6) is 0 Å². The van der Waals surface area contributed by atoms with Gasteiger partial charge in [-0.25, -0.2) is 4.39 Å². The number of benzene rings is 2. The van der Waals surface area contributed by atoms with E-state index in [1.165, 1.54) is 24.3 Å². The van der Waals surface area contributed by atoms with Crippen LogP contribution >= 0.6 is 11.6 Å². The van der Waals surface area contributed by atoms with Crippen LogP contribution in [0.25, 0.3) is 0 Å². The zero-order valence-electron chi connectivity index (χ0n) is 16.3. The molecule has 0 aromatic heterocycles. The first-order chi connectivity index (χ1) is 14.1. The Morgan fingerprint density at radius 3 is 2.50 bits per heavy atom. The molecule has 0 bridgehead atoms. The number of amides is 2. The Hall–Kier alpha value is -3.04. The van der Waals surface area contributed by atoms with Gasteiger partial charge in [0.25, 0.3) is 11.6 Å². The fraction of sp³-hybridized carbons (Fsp3) is 0.300. The lowest BCUT2D eigenvalue weighted by Crippen LogP contribution is -2.50. The Kier molecular flexibility index (Phi) is 7.85. The van der Waals surface area contributed by atoms with Crippen LogP contribution in [0.4, 0.5) is 10.1 Å². The predicted molar refractivity (Wildman–Crippen MR) is 109 cm³/mol. The molecule has 0 aliphatic heterocycles. The van der Waals surface area contributed by atoms with Gasteiger partial charge in [0, 0.05) is 18.7 Å². The fourth-order valence-electron chi connectivity index (χ4n) is 2.69. The zero-order valence-corrected chi connectivity index (χ0v) is 17.0. The van der Waals surface area contributed by atoms with Crippen LogP contribution in [0.2, 0.25) is 5.02 Å². The third-order valence-corrected chi connectivity index (χ3v) is 4.66. The molecule has 10 heteroatoms. The molecule has 0 saturated carbocycles. The first kappa shape index (κ1) is 23.2. The van der Waals surface area contributed by atoms with Gasteiger partial charge in [-0.3, -0.25) is 19.7 Å². The minimum atomic E-state index is -1.13. The van der Waals surface area contributed by atoms with Gasteiger partial charge in [0.05, 0.1) is 21.6 Å². The van der Waals surface area contributed by atoms with Gasteiger partial charge >= 0.3 is 0 Å². The highest BCUT2D eigenvalue weighted by Crippen LogP contribution is 2.22. The van der Waals surface area contributed by atoms with E-state index >= 15 is 0 Å². The molecule has 2 atom stereocenters. The topological polar surface area (TPSA) is 122 Å². The van der Waals surface area contributed by atoms with Crippen LogP contribution < -0.4 is 10.6 Å². The SMILES string of the molecule is CC(C)C(NC(=O)c1ccc([N+](=O)[O-])cc1Cl)C(=O)NCC(O)c1cccc(F)c1. The summed E-state index contributed by atoms with van der Waals surface area (Å²) in [5.41, 5.74) is 0.0274. The Labute approximate surface area is 177 Å². The number of nitrogens with one attached hydrogen (secondary N) is 2. The van der Waals surface area contributed by atoms with Crippen molar-refractivity contribution in [1.82, 2.24) is 10.6 Å². The summed E-state index contributed by atoms with van der Waals surface area (Å²) >= 11 is 5.96. The van der Waals surface area contributed by atoms with Gasteiger partial charge < -0.3 is 15.7 Å². The molecule has 160 valence electrons. The summed E-state index contributed by atoms with van der Waals surface area (Å²) in [5.74, 6) is -2.04. The maximum absolute atomic E-state index is 13.3. The van der Waals surface area contributed by atoms with E-state index in [2.05, 4.69) is 10.6 Å². The molecule has 0 radical (unpaired) electrons. The number of carbonyl (C=O) groups is 2. The van der Waals surface area contributed by atoms with Crippen LogP contribution in [0.1, 0.15) is 35.9 Å². The number of nitrogens with zero attached hydrogens (tertiary/aromatic N) is 1. The number of non-ortho nitro benzene ring substituents is 1. The highest BCUT2D eigenvalue weighted by molar-refractivity contribution is 6.34. The number of aliphatic hydroxyl groups excluding tert-OH is 1. The molecule has 30 heavy (non-hydrogen) atoms. The van der Waals surface area contributed by atoms with Crippen molar-refractivity contribution in [2.24, 2.45) is 5.92 Å². The first-order valence-electron chi connectivity index (χ1n) is 9.06. The van der Waals surface area contributed by atoms with E-state index in [-0.39, 0.29) is 28.7 Å². The smallest absolute Gasteiger partial charge is 0.270 e.